The van der Waals surface area contributed by atoms with E-state index in [4.69, 9.17) is 4.74 Å². The second-order valence-corrected chi connectivity index (χ2v) is 18.4. The molecule has 12 nitrogen and oxygen atoms in total. The summed E-state index contributed by atoms with van der Waals surface area (Å²) in [7, 11) is 0. The number of hydrogen-bond acceptors (Lipinski definition) is 12. The van der Waals surface area contributed by atoms with E-state index >= 15 is 0 Å². The zero-order chi connectivity index (χ0) is 47.0. The summed E-state index contributed by atoms with van der Waals surface area (Å²) in [5.41, 5.74) is 6.43. The molecule has 1 heterocycles. The van der Waals surface area contributed by atoms with E-state index in [1.54, 1.807) is 60.7 Å². The minimum atomic E-state index is -1.05. The number of hydrogen-bond donors (Lipinski definition) is 11. The fourth-order valence-corrected chi connectivity index (χ4v) is 12.5. The van der Waals surface area contributed by atoms with Crippen LogP contribution in [0.1, 0.15) is 120 Å². The van der Waals surface area contributed by atoms with Crippen LogP contribution in [0.25, 0.3) is 0 Å². The van der Waals surface area contributed by atoms with E-state index in [-0.39, 0.29) is 69.0 Å². The maximum atomic E-state index is 13.0. The lowest BCUT2D eigenvalue weighted by Gasteiger charge is -2.34. The molecule has 0 unspecified atom stereocenters. The van der Waals surface area contributed by atoms with Gasteiger partial charge in [-0.3, -0.25) is 0 Å². The zero-order valence-electron chi connectivity index (χ0n) is 35.7. The molecule has 8 aromatic carbocycles. The van der Waals surface area contributed by atoms with Gasteiger partial charge in [0.25, 0.3) is 0 Å². The van der Waals surface area contributed by atoms with Crippen molar-refractivity contribution in [2.45, 2.75) is 47.5 Å². The van der Waals surface area contributed by atoms with Gasteiger partial charge in [0.2, 0.25) is 0 Å². The average molecular weight is 907 g/mol. The molecule has 68 heavy (non-hydrogen) atoms. The Morgan fingerprint density at radius 3 is 1.24 bits per heavy atom. The molecule has 0 radical (unpaired) electrons. The Kier molecular flexibility index (Phi) is 8.82. The van der Waals surface area contributed by atoms with Crippen LogP contribution in [0.5, 0.6) is 69.0 Å². The summed E-state index contributed by atoms with van der Waals surface area (Å²) in [6.07, 6.45) is -0.861. The highest BCUT2D eigenvalue weighted by molar-refractivity contribution is 5.77. The van der Waals surface area contributed by atoms with Gasteiger partial charge in [0.15, 0.2) is 0 Å². The molecule has 0 fully saturated rings. The lowest BCUT2D eigenvalue weighted by molar-refractivity contribution is 0.221. The number of rotatable bonds is 5. The van der Waals surface area contributed by atoms with Gasteiger partial charge >= 0.3 is 0 Å². The number of fused-ring (bicyclic) bond motifs is 3. The van der Waals surface area contributed by atoms with E-state index in [1.165, 1.54) is 78.9 Å². The summed E-state index contributed by atoms with van der Waals surface area (Å²) >= 11 is 0. The van der Waals surface area contributed by atoms with Gasteiger partial charge in [-0.2, -0.15) is 0 Å². The van der Waals surface area contributed by atoms with Crippen LogP contribution in [0.2, 0.25) is 0 Å². The Morgan fingerprint density at radius 1 is 0.265 bits per heavy atom. The molecule has 8 aromatic rings. The first-order valence-electron chi connectivity index (χ1n) is 22.1. The van der Waals surface area contributed by atoms with E-state index in [0.29, 0.717) is 72.3 Å². The number of aromatic hydroxyl groups is 11. The Hall–Kier alpha value is -8.64. The molecule has 4 aliphatic rings. The Morgan fingerprint density at radius 2 is 0.691 bits per heavy atom. The quantitative estimate of drug-likeness (QED) is 0.0775. The number of benzene rings is 8. The van der Waals surface area contributed by atoms with E-state index < -0.39 is 47.5 Å². The topological polar surface area (TPSA) is 232 Å². The predicted octanol–water partition coefficient (Wildman–Crippen LogP) is 10.1. The molecule has 12 heteroatoms. The summed E-state index contributed by atoms with van der Waals surface area (Å²) in [6, 6.07) is 36.0. The maximum Gasteiger partial charge on any atom is 0.135 e. The van der Waals surface area contributed by atoms with Crippen LogP contribution in [0, 0.1) is 0 Å². The van der Waals surface area contributed by atoms with Crippen LogP contribution in [-0.4, -0.2) is 56.2 Å². The highest BCUT2D eigenvalue weighted by Crippen LogP contribution is 2.73. The number of phenolic OH excluding ortho intramolecular Hbond substituents is 11. The van der Waals surface area contributed by atoms with Crippen LogP contribution in [-0.2, 0) is 0 Å². The third-order valence-electron chi connectivity index (χ3n) is 14.8. The summed E-state index contributed by atoms with van der Waals surface area (Å²) in [4.78, 5) is 0. The molecular weight excluding hydrogens is 865 g/mol. The third kappa shape index (κ3) is 5.93. The smallest absolute Gasteiger partial charge is 0.135 e. The Balaban J connectivity index is 1.30. The van der Waals surface area contributed by atoms with Gasteiger partial charge in [-0.15, -0.1) is 0 Å². The van der Waals surface area contributed by atoms with Gasteiger partial charge in [-0.1, -0.05) is 48.5 Å². The van der Waals surface area contributed by atoms with Crippen molar-refractivity contribution in [1.82, 2.24) is 0 Å². The highest BCUT2D eigenvalue weighted by Gasteiger charge is 2.58. The minimum Gasteiger partial charge on any atom is -0.508 e. The molecule has 0 amide bonds. The molecular formula is C56H42O12. The standard InChI is InChI=1S/C56H42O12/c57-29-9-1-24(2-10-29)42-45(28-17-33(61)19-34(62)18-28)52-44(26-5-13-31(59)14-6-26)49-40(67)23-41-51-47(56(68-41)27-7-15-32(60)16-8-27)36-20-35(63)21-37(64)46(36)43(25-3-11-30(58)12-4-25)53(55(49)51)50-39(66)22-38(65)48(42)54(50)52/h1-23,42-45,47,52-53,56-67H/t42-,43-,44+,45-,47-,52+,53-,56+/m1/s1. The van der Waals surface area contributed by atoms with E-state index in [1.807, 2.05) is 0 Å². The van der Waals surface area contributed by atoms with Crippen LogP contribution in [0.4, 0.5) is 0 Å². The molecule has 338 valence electrons. The maximum absolute atomic E-state index is 13.0. The molecule has 0 spiro atoms. The van der Waals surface area contributed by atoms with Crippen molar-refractivity contribution < 1.29 is 60.9 Å². The second kappa shape index (κ2) is 14.7. The summed E-state index contributed by atoms with van der Waals surface area (Å²) < 4.78 is 6.91. The first kappa shape index (κ1) is 40.8. The summed E-state index contributed by atoms with van der Waals surface area (Å²) in [6.45, 7) is 0. The molecule has 0 aromatic heterocycles. The normalized spacial score (nSPS) is 22.6. The number of ether oxygens (including phenoxy) is 1. The molecule has 0 bridgehead atoms. The molecule has 8 atom stereocenters. The van der Waals surface area contributed by atoms with Crippen molar-refractivity contribution in [1.29, 1.82) is 0 Å². The van der Waals surface area contributed by atoms with Gasteiger partial charge in [0.1, 0.15) is 75.1 Å². The summed E-state index contributed by atoms with van der Waals surface area (Å²) in [5, 5.41) is 127. The Labute approximate surface area is 388 Å². The van der Waals surface area contributed by atoms with Gasteiger partial charge in [-0.25, -0.2) is 0 Å². The van der Waals surface area contributed by atoms with Gasteiger partial charge in [0, 0.05) is 87.6 Å². The SMILES string of the molecule is Oc1ccc([C@@H]2c3c(O)cc(O)cc3[C@@H]3c4c(cc(O)c5c4[C@H]2c2c(O)cc(O)c4c2[C@@H]([C@H]5c2ccc(O)cc2)[C@H](c2cc(O)cc(O)c2)[C@H]4c2ccc(O)cc2)O[C@H]3c2ccc(O)cc2)cc1. The average Bonchev–Trinajstić information content (AvgIpc) is 3.76. The van der Waals surface area contributed by atoms with Crippen LogP contribution >= 0.6 is 0 Å². The fourth-order valence-electron chi connectivity index (χ4n) is 12.5. The van der Waals surface area contributed by atoms with Gasteiger partial charge < -0.3 is 60.9 Å². The fraction of sp³-hybridized carbons (Fsp3) is 0.143. The van der Waals surface area contributed by atoms with Gasteiger partial charge in [-0.05, 0) is 111 Å². The second-order valence-electron chi connectivity index (χ2n) is 18.4. The highest BCUT2D eigenvalue weighted by atomic mass is 16.5. The van der Waals surface area contributed by atoms with Crippen LogP contribution < -0.4 is 4.74 Å². The van der Waals surface area contributed by atoms with E-state index in [0.717, 1.165) is 0 Å². The molecule has 0 saturated carbocycles. The Bertz CT molecular complexity index is 3350. The zero-order valence-corrected chi connectivity index (χ0v) is 35.7. The lowest BCUT2D eigenvalue weighted by Crippen LogP contribution is -2.20. The largest absolute Gasteiger partial charge is 0.508 e. The van der Waals surface area contributed by atoms with Crippen LogP contribution in [0.3, 0.4) is 0 Å². The minimum absolute atomic E-state index is 0.0106. The van der Waals surface area contributed by atoms with Crippen molar-refractivity contribution in [2.75, 3.05) is 0 Å². The van der Waals surface area contributed by atoms with E-state index in [2.05, 4.69) is 0 Å². The first-order chi connectivity index (χ1) is 32.7. The van der Waals surface area contributed by atoms with Crippen molar-refractivity contribution in [3.05, 3.63) is 212 Å². The molecule has 1 aliphatic heterocycles. The van der Waals surface area contributed by atoms with Crippen molar-refractivity contribution >= 4 is 0 Å². The van der Waals surface area contributed by atoms with Crippen molar-refractivity contribution in [3.8, 4) is 69.0 Å². The van der Waals surface area contributed by atoms with Crippen LogP contribution in [0.15, 0.2) is 140 Å². The molecule has 0 saturated heterocycles. The van der Waals surface area contributed by atoms with Crippen molar-refractivity contribution in [2.24, 2.45) is 0 Å². The molecule has 12 rings (SSSR count). The lowest BCUT2D eigenvalue weighted by atomic mass is 9.68. The summed E-state index contributed by atoms with van der Waals surface area (Å²) in [5.74, 6) is -7.73. The van der Waals surface area contributed by atoms with Gasteiger partial charge in [0.05, 0.1) is 5.92 Å². The third-order valence-corrected chi connectivity index (χ3v) is 14.8. The molecule has 3 aliphatic carbocycles. The molecule has 11 N–H and O–H groups in total. The monoisotopic (exact) mass is 906 g/mol. The van der Waals surface area contributed by atoms with Crippen molar-refractivity contribution in [3.63, 3.8) is 0 Å². The predicted molar refractivity (Wildman–Crippen MR) is 248 cm³/mol. The number of phenols is 11. The van der Waals surface area contributed by atoms with E-state index in [9.17, 15) is 56.2 Å². The first-order valence-corrected chi connectivity index (χ1v) is 22.1.